The van der Waals surface area contributed by atoms with Gasteiger partial charge in [-0.2, -0.15) is 0 Å². The quantitative estimate of drug-likeness (QED) is 0.815. The molecule has 3 heteroatoms. The molecule has 1 aliphatic rings. The van der Waals surface area contributed by atoms with E-state index in [2.05, 4.69) is 4.90 Å². The van der Waals surface area contributed by atoms with Crippen LogP contribution in [-0.4, -0.2) is 43.4 Å². The number of benzene rings is 1. The molecule has 0 bridgehead atoms. The van der Waals surface area contributed by atoms with Crippen molar-refractivity contribution in [1.82, 2.24) is 4.90 Å². The Morgan fingerprint density at radius 3 is 2.62 bits per heavy atom. The number of hydrogen-bond donors (Lipinski definition) is 1. The normalized spacial score (nSPS) is 31.6. The molecule has 88 valence electrons. The standard InChI is InChI=1S/C13H19NO2/c1-14-9-8-13(16-2,12(15)10-14)11-6-4-3-5-7-11/h3-7,12,15H,8-10H2,1-2H3/t12-,13-/m1/s1. The zero-order valence-electron chi connectivity index (χ0n) is 9.89. The van der Waals surface area contributed by atoms with E-state index in [9.17, 15) is 5.11 Å². The lowest BCUT2D eigenvalue weighted by Gasteiger charge is -2.43. The Morgan fingerprint density at radius 1 is 1.38 bits per heavy atom. The van der Waals surface area contributed by atoms with Gasteiger partial charge < -0.3 is 14.7 Å². The fraction of sp³-hybridized carbons (Fsp3) is 0.538. The monoisotopic (exact) mass is 221 g/mol. The van der Waals surface area contributed by atoms with E-state index >= 15 is 0 Å². The second kappa shape index (κ2) is 4.53. The lowest BCUT2D eigenvalue weighted by molar-refractivity contribution is -0.143. The number of hydrogen-bond acceptors (Lipinski definition) is 3. The highest BCUT2D eigenvalue weighted by molar-refractivity contribution is 5.25. The number of methoxy groups -OCH3 is 1. The van der Waals surface area contributed by atoms with Crippen LogP contribution in [0.15, 0.2) is 30.3 Å². The van der Waals surface area contributed by atoms with Gasteiger partial charge in [-0.3, -0.25) is 0 Å². The van der Waals surface area contributed by atoms with Crippen LogP contribution in [-0.2, 0) is 10.3 Å². The first-order valence-electron chi connectivity index (χ1n) is 5.66. The minimum atomic E-state index is -0.534. The summed E-state index contributed by atoms with van der Waals surface area (Å²) < 4.78 is 5.65. The Bertz CT molecular complexity index is 341. The van der Waals surface area contributed by atoms with Gasteiger partial charge in [-0.15, -0.1) is 0 Å². The van der Waals surface area contributed by atoms with Crippen LogP contribution < -0.4 is 0 Å². The molecule has 0 saturated carbocycles. The highest BCUT2D eigenvalue weighted by atomic mass is 16.5. The van der Waals surface area contributed by atoms with Gasteiger partial charge in [-0.25, -0.2) is 0 Å². The van der Waals surface area contributed by atoms with Gasteiger partial charge in [0, 0.05) is 20.2 Å². The molecule has 2 rings (SSSR count). The van der Waals surface area contributed by atoms with E-state index < -0.39 is 11.7 Å². The molecule has 3 nitrogen and oxygen atoms in total. The van der Waals surface area contributed by atoms with Crippen LogP contribution in [0.3, 0.4) is 0 Å². The van der Waals surface area contributed by atoms with Crippen LogP contribution in [0, 0.1) is 0 Å². The molecule has 1 N–H and O–H groups in total. The van der Waals surface area contributed by atoms with Gasteiger partial charge in [0.15, 0.2) is 0 Å². The average molecular weight is 221 g/mol. The van der Waals surface area contributed by atoms with Crippen molar-refractivity contribution in [3.63, 3.8) is 0 Å². The van der Waals surface area contributed by atoms with Gasteiger partial charge in [0.05, 0.1) is 6.10 Å². The average Bonchev–Trinajstić information content (AvgIpc) is 2.31. The maximum atomic E-state index is 10.3. The van der Waals surface area contributed by atoms with Gasteiger partial charge in [-0.05, 0) is 19.0 Å². The zero-order valence-corrected chi connectivity index (χ0v) is 9.89. The highest BCUT2D eigenvalue weighted by Gasteiger charge is 2.43. The predicted molar refractivity (Wildman–Crippen MR) is 63.2 cm³/mol. The van der Waals surface area contributed by atoms with Crippen LogP contribution in [0.4, 0.5) is 0 Å². The van der Waals surface area contributed by atoms with E-state index in [4.69, 9.17) is 4.74 Å². The summed E-state index contributed by atoms with van der Waals surface area (Å²) in [6, 6.07) is 10.0. The van der Waals surface area contributed by atoms with Crippen molar-refractivity contribution in [1.29, 1.82) is 0 Å². The van der Waals surface area contributed by atoms with E-state index in [-0.39, 0.29) is 0 Å². The van der Waals surface area contributed by atoms with Crippen LogP contribution in [0.5, 0.6) is 0 Å². The summed E-state index contributed by atoms with van der Waals surface area (Å²) in [7, 11) is 3.70. The number of β-amino-alcohol motifs (C(OH)–C–C–N with tert-alkyl or cyclic N) is 1. The van der Waals surface area contributed by atoms with Gasteiger partial charge >= 0.3 is 0 Å². The van der Waals surface area contributed by atoms with Crippen molar-refractivity contribution < 1.29 is 9.84 Å². The molecule has 0 amide bonds. The molecule has 0 radical (unpaired) electrons. The van der Waals surface area contributed by atoms with Crippen LogP contribution in [0.2, 0.25) is 0 Å². The second-order valence-electron chi connectivity index (χ2n) is 4.49. The van der Waals surface area contributed by atoms with E-state index in [1.165, 1.54) is 0 Å². The number of aliphatic hydroxyl groups excluding tert-OH is 1. The molecule has 0 aromatic heterocycles. The molecule has 0 unspecified atom stereocenters. The summed E-state index contributed by atoms with van der Waals surface area (Å²) in [5.74, 6) is 0. The lowest BCUT2D eigenvalue weighted by Crippen LogP contribution is -2.53. The Labute approximate surface area is 96.6 Å². The third-order valence-corrected chi connectivity index (χ3v) is 3.51. The van der Waals surface area contributed by atoms with Gasteiger partial charge in [0.1, 0.15) is 5.60 Å². The fourth-order valence-electron chi connectivity index (χ4n) is 2.47. The maximum Gasteiger partial charge on any atom is 0.121 e. The molecule has 1 aliphatic heterocycles. The Hall–Kier alpha value is -0.900. The number of piperidine rings is 1. The molecule has 1 saturated heterocycles. The molecule has 0 aliphatic carbocycles. The van der Waals surface area contributed by atoms with E-state index in [0.717, 1.165) is 18.5 Å². The summed E-state index contributed by atoms with van der Waals surface area (Å²) in [6.07, 6.45) is 0.351. The fourth-order valence-corrected chi connectivity index (χ4v) is 2.47. The molecule has 0 spiro atoms. The Morgan fingerprint density at radius 2 is 2.06 bits per heavy atom. The number of aliphatic hydroxyl groups is 1. The van der Waals surface area contributed by atoms with Gasteiger partial charge in [0.2, 0.25) is 0 Å². The summed E-state index contributed by atoms with van der Waals surface area (Å²) in [5, 5.41) is 10.3. The van der Waals surface area contributed by atoms with Crippen molar-refractivity contribution in [2.75, 3.05) is 27.2 Å². The molecule has 1 aromatic rings. The Kier molecular flexibility index (Phi) is 3.28. The topological polar surface area (TPSA) is 32.7 Å². The number of likely N-dealkylation sites (tertiary alicyclic amines) is 1. The van der Waals surface area contributed by atoms with Gasteiger partial charge in [0.25, 0.3) is 0 Å². The first-order valence-corrected chi connectivity index (χ1v) is 5.66. The van der Waals surface area contributed by atoms with Crippen molar-refractivity contribution in [2.24, 2.45) is 0 Å². The lowest BCUT2D eigenvalue weighted by atomic mass is 9.82. The van der Waals surface area contributed by atoms with Crippen LogP contribution >= 0.6 is 0 Å². The van der Waals surface area contributed by atoms with Crippen molar-refractivity contribution in [3.05, 3.63) is 35.9 Å². The Balaban J connectivity index is 2.32. The number of rotatable bonds is 2. The third kappa shape index (κ3) is 1.86. The molecule has 1 aromatic carbocycles. The first-order chi connectivity index (χ1) is 7.69. The van der Waals surface area contributed by atoms with Crippen LogP contribution in [0.1, 0.15) is 12.0 Å². The molecule has 16 heavy (non-hydrogen) atoms. The van der Waals surface area contributed by atoms with Crippen molar-refractivity contribution >= 4 is 0 Å². The summed E-state index contributed by atoms with van der Waals surface area (Å²) in [6.45, 7) is 1.60. The van der Waals surface area contributed by atoms with Crippen molar-refractivity contribution in [3.8, 4) is 0 Å². The first kappa shape index (κ1) is 11.6. The van der Waals surface area contributed by atoms with Gasteiger partial charge in [-0.1, -0.05) is 30.3 Å². The van der Waals surface area contributed by atoms with Crippen molar-refractivity contribution in [2.45, 2.75) is 18.1 Å². The summed E-state index contributed by atoms with van der Waals surface area (Å²) in [5.41, 5.74) is 0.534. The molecule has 2 atom stereocenters. The SMILES string of the molecule is CO[C@@]1(c2ccccc2)CCN(C)C[C@H]1O. The van der Waals surface area contributed by atoms with Crippen LogP contribution in [0.25, 0.3) is 0 Å². The second-order valence-corrected chi connectivity index (χ2v) is 4.49. The molecular formula is C13H19NO2. The zero-order chi connectivity index (χ0) is 11.6. The smallest absolute Gasteiger partial charge is 0.121 e. The molecule has 1 fully saturated rings. The summed E-state index contributed by atoms with van der Waals surface area (Å²) in [4.78, 5) is 2.13. The van der Waals surface area contributed by atoms with E-state index in [1.807, 2.05) is 37.4 Å². The summed E-state index contributed by atoms with van der Waals surface area (Å²) >= 11 is 0. The highest BCUT2D eigenvalue weighted by Crippen LogP contribution is 2.35. The minimum absolute atomic E-state index is 0.473. The maximum absolute atomic E-state index is 10.3. The van der Waals surface area contributed by atoms with E-state index in [0.29, 0.717) is 6.54 Å². The number of nitrogens with zero attached hydrogens (tertiary/aromatic N) is 1. The minimum Gasteiger partial charge on any atom is -0.388 e. The third-order valence-electron chi connectivity index (χ3n) is 3.51. The predicted octanol–water partition coefficient (Wildman–Crippen LogP) is 1.22. The largest absolute Gasteiger partial charge is 0.388 e. The van der Waals surface area contributed by atoms with E-state index in [1.54, 1.807) is 7.11 Å². The number of ether oxygens (including phenoxy) is 1. The number of likely N-dealkylation sites (N-methyl/N-ethyl adjacent to an activating group) is 1. The molecule has 1 heterocycles. The molecular weight excluding hydrogens is 202 g/mol.